The second-order valence-electron chi connectivity index (χ2n) is 5.53. The molecule has 120 valence electrons. The first-order valence-electron chi connectivity index (χ1n) is 7.85. The number of carbonyl (C=O) groups excluding carboxylic acids is 1. The predicted octanol–water partition coefficient (Wildman–Crippen LogP) is 2.85. The Hall–Kier alpha value is -1.13. The van der Waals surface area contributed by atoms with Crippen molar-refractivity contribution in [2.24, 2.45) is 5.92 Å². The Balaban J connectivity index is 2.28. The minimum atomic E-state index is 0.107. The molecule has 0 aromatic carbocycles. The molecule has 3 atom stereocenters. The van der Waals surface area contributed by atoms with Crippen molar-refractivity contribution in [3.63, 3.8) is 0 Å². The molecule has 0 radical (unpaired) electrons. The summed E-state index contributed by atoms with van der Waals surface area (Å²) in [5, 5.41) is 3.20. The lowest BCUT2D eigenvalue weighted by Crippen LogP contribution is -2.37. The predicted molar refractivity (Wildman–Crippen MR) is 85.1 cm³/mol. The molecule has 1 N–H and O–H groups in total. The number of allylic oxidation sites excluding steroid dienone is 3. The number of methoxy groups -OCH3 is 1. The van der Waals surface area contributed by atoms with Crippen LogP contribution in [0.5, 0.6) is 0 Å². The van der Waals surface area contributed by atoms with E-state index >= 15 is 0 Å². The monoisotopic (exact) mass is 295 g/mol. The van der Waals surface area contributed by atoms with Crippen molar-refractivity contribution in [3.05, 3.63) is 24.4 Å². The molecular weight excluding hydrogens is 266 g/mol. The van der Waals surface area contributed by atoms with Crippen LogP contribution in [0.25, 0.3) is 0 Å². The molecule has 0 amide bonds. The van der Waals surface area contributed by atoms with Gasteiger partial charge in [-0.15, -0.1) is 0 Å². The van der Waals surface area contributed by atoms with E-state index in [0.717, 1.165) is 38.8 Å². The van der Waals surface area contributed by atoms with Gasteiger partial charge in [0.1, 0.15) is 0 Å². The smallest absolute Gasteiger partial charge is 0.152 e. The summed E-state index contributed by atoms with van der Waals surface area (Å²) in [5.41, 5.74) is 0. The Morgan fingerprint density at radius 1 is 1.33 bits per heavy atom. The molecule has 1 rings (SSSR count). The minimum absolute atomic E-state index is 0.107. The molecule has 0 bridgehead atoms. The molecule has 0 aromatic heterocycles. The number of hydrogen-bond acceptors (Lipinski definition) is 4. The second kappa shape index (κ2) is 10.6. The van der Waals surface area contributed by atoms with E-state index in [-0.39, 0.29) is 18.0 Å². The van der Waals surface area contributed by atoms with Crippen LogP contribution in [0, 0.1) is 5.92 Å². The SMILES string of the molecule is C/C=C\NCCCOC1CC[C@@H](/C=C/C(C)=O)CC1OC. The van der Waals surface area contributed by atoms with Crippen LogP contribution in [-0.2, 0) is 14.3 Å². The van der Waals surface area contributed by atoms with Crippen molar-refractivity contribution in [2.75, 3.05) is 20.3 Å². The molecule has 1 saturated carbocycles. The number of ketones is 1. The average molecular weight is 295 g/mol. The second-order valence-corrected chi connectivity index (χ2v) is 5.53. The Morgan fingerprint density at radius 3 is 2.81 bits per heavy atom. The van der Waals surface area contributed by atoms with E-state index in [1.165, 1.54) is 0 Å². The maximum atomic E-state index is 11.0. The first-order valence-corrected chi connectivity index (χ1v) is 7.85. The molecule has 2 unspecified atom stereocenters. The summed E-state index contributed by atoms with van der Waals surface area (Å²) in [4.78, 5) is 11.0. The van der Waals surface area contributed by atoms with E-state index < -0.39 is 0 Å². The van der Waals surface area contributed by atoms with Crippen LogP contribution in [0.1, 0.15) is 39.5 Å². The minimum Gasteiger partial charge on any atom is -0.391 e. The maximum absolute atomic E-state index is 11.0. The zero-order valence-electron chi connectivity index (χ0n) is 13.5. The fraction of sp³-hybridized carbons (Fsp3) is 0.706. The lowest BCUT2D eigenvalue weighted by atomic mass is 9.84. The van der Waals surface area contributed by atoms with Crippen LogP contribution >= 0.6 is 0 Å². The fourth-order valence-corrected chi connectivity index (χ4v) is 2.63. The van der Waals surface area contributed by atoms with Gasteiger partial charge in [0.2, 0.25) is 0 Å². The van der Waals surface area contributed by atoms with Crippen molar-refractivity contribution in [2.45, 2.75) is 51.7 Å². The third-order valence-corrected chi connectivity index (χ3v) is 3.76. The van der Waals surface area contributed by atoms with E-state index in [1.54, 1.807) is 20.1 Å². The van der Waals surface area contributed by atoms with Gasteiger partial charge in [-0.3, -0.25) is 4.79 Å². The molecule has 0 spiro atoms. The van der Waals surface area contributed by atoms with Crippen LogP contribution in [0.2, 0.25) is 0 Å². The molecule has 0 aliphatic heterocycles. The molecule has 4 heteroatoms. The van der Waals surface area contributed by atoms with Crippen molar-refractivity contribution in [3.8, 4) is 0 Å². The third kappa shape index (κ3) is 7.44. The Bertz CT molecular complexity index is 352. The molecule has 0 aromatic rings. The highest BCUT2D eigenvalue weighted by Gasteiger charge is 2.30. The van der Waals surface area contributed by atoms with Crippen molar-refractivity contribution >= 4 is 5.78 Å². The van der Waals surface area contributed by atoms with Crippen LogP contribution in [0.15, 0.2) is 24.4 Å². The molecule has 0 heterocycles. The number of ether oxygens (including phenoxy) is 2. The first-order chi connectivity index (χ1) is 10.2. The van der Waals surface area contributed by atoms with E-state index in [1.807, 2.05) is 25.3 Å². The van der Waals surface area contributed by atoms with Gasteiger partial charge in [-0.25, -0.2) is 0 Å². The Kier molecular flexibility index (Phi) is 9.02. The molecule has 1 aliphatic carbocycles. The van der Waals surface area contributed by atoms with Crippen molar-refractivity contribution < 1.29 is 14.3 Å². The van der Waals surface area contributed by atoms with Gasteiger partial charge in [0.05, 0.1) is 12.2 Å². The largest absolute Gasteiger partial charge is 0.391 e. The van der Waals surface area contributed by atoms with Crippen LogP contribution < -0.4 is 5.32 Å². The standard InChI is InChI=1S/C17H29NO3/c1-4-10-18-11-5-12-21-16-9-8-15(7-6-14(2)19)13-17(16)20-3/h4,6-7,10,15-18H,5,8-9,11-13H2,1-3H3/b7-6+,10-4-/t15-,16?,17?/m1/s1. The van der Waals surface area contributed by atoms with Gasteiger partial charge in [0.15, 0.2) is 5.78 Å². The summed E-state index contributed by atoms with van der Waals surface area (Å²) in [6.45, 7) is 5.26. The number of rotatable bonds is 9. The lowest BCUT2D eigenvalue weighted by Gasteiger charge is -2.34. The van der Waals surface area contributed by atoms with Gasteiger partial charge in [0.25, 0.3) is 0 Å². The topological polar surface area (TPSA) is 47.6 Å². The number of nitrogens with one attached hydrogen (secondary N) is 1. The van der Waals surface area contributed by atoms with Gasteiger partial charge < -0.3 is 14.8 Å². The highest BCUT2D eigenvalue weighted by atomic mass is 16.5. The molecule has 0 saturated heterocycles. The van der Waals surface area contributed by atoms with Crippen LogP contribution in [-0.4, -0.2) is 38.3 Å². The highest BCUT2D eigenvalue weighted by molar-refractivity contribution is 5.87. The van der Waals surface area contributed by atoms with Crippen LogP contribution in [0.3, 0.4) is 0 Å². The zero-order valence-corrected chi connectivity index (χ0v) is 13.5. The quantitative estimate of drug-likeness (QED) is 0.525. The summed E-state index contributed by atoms with van der Waals surface area (Å²) in [7, 11) is 1.74. The lowest BCUT2D eigenvalue weighted by molar-refractivity contribution is -0.112. The van der Waals surface area contributed by atoms with E-state index in [9.17, 15) is 4.79 Å². The van der Waals surface area contributed by atoms with Gasteiger partial charge in [0, 0.05) is 20.3 Å². The Labute approximate surface area is 128 Å². The Morgan fingerprint density at radius 2 is 2.14 bits per heavy atom. The highest BCUT2D eigenvalue weighted by Crippen LogP contribution is 2.29. The summed E-state index contributed by atoms with van der Waals surface area (Å²) >= 11 is 0. The normalized spacial score (nSPS) is 26.5. The summed E-state index contributed by atoms with van der Waals surface area (Å²) in [5.74, 6) is 0.533. The molecule has 4 nitrogen and oxygen atoms in total. The zero-order chi connectivity index (χ0) is 15.5. The molecular formula is C17H29NO3. The van der Waals surface area contributed by atoms with Gasteiger partial charge >= 0.3 is 0 Å². The van der Waals surface area contributed by atoms with E-state index in [4.69, 9.17) is 9.47 Å². The fourth-order valence-electron chi connectivity index (χ4n) is 2.63. The first kappa shape index (κ1) is 17.9. The summed E-state index contributed by atoms with van der Waals surface area (Å²) < 4.78 is 11.5. The molecule has 1 fully saturated rings. The number of carbonyl (C=O) groups is 1. The van der Waals surface area contributed by atoms with Crippen molar-refractivity contribution in [1.29, 1.82) is 0 Å². The van der Waals surface area contributed by atoms with Gasteiger partial charge in [-0.1, -0.05) is 12.2 Å². The summed E-state index contributed by atoms with van der Waals surface area (Å²) in [6.07, 6.45) is 11.9. The average Bonchev–Trinajstić information content (AvgIpc) is 2.49. The van der Waals surface area contributed by atoms with Gasteiger partial charge in [-0.2, -0.15) is 0 Å². The van der Waals surface area contributed by atoms with Crippen LogP contribution in [0.4, 0.5) is 0 Å². The van der Waals surface area contributed by atoms with E-state index in [0.29, 0.717) is 5.92 Å². The number of hydrogen-bond donors (Lipinski definition) is 1. The van der Waals surface area contributed by atoms with Crippen molar-refractivity contribution in [1.82, 2.24) is 5.32 Å². The molecule has 21 heavy (non-hydrogen) atoms. The molecule has 1 aliphatic rings. The summed E-state index contributed by atoms with van der Waals surface area (Å²) in [6, 6.07) is 0. The van der Waals surface area contributed by atoms with E-state index in [2.05, 4.69) is 5.32 Å². The third-order valence-electron chi connectivity index (χ3n) is 3.76. The maximum Gasteiger partial charge on any atom is 0.152 e. The van der Waals surface area contributed by atoms with Gasteiger partial charge in [-0.05, 0) is 57.7 Å².